The van der Waals surface area contributed by atoms with Crippen LogP contribution in [0.2, 0.25) is 0 Å². The number of hydrogen-bond acceptors (Lipinski definition) is 6. The van der Waals surface area contributed by atoms with Gasteiger partial charge in [-0.2, -0.15) is 0 Å². The molecule has 0 fully saturated rings. The van der Waals surface area contributed by atoms with Crippen molar-refractivity contribution in [2.45, 2.75) is 52.2 Å². The van der Waals surface area contributed by atoms with Gasteiger partial charge in [-0.25, -0.2) is 0 Å². The quantitative estimate of drug-likeness (QED) is 0.278. The Morgan fingerprint density at radius 3 is 2.68 bits per heavy atom. The Morgan fingerprint density at radius 1 is 1.36 bits per heavy atom. The first-order chi connectivity index (χ1) is 11.9. The van der Waals surface area contributed by atoms with E-state index in [0.29, 0.717) is 25.5 Å². The first-order valence-electron chi connectivity index (χ1n) is 8.50. The number of methoxy groups -OCH3 is 1. The maximum atomic E-state index is 11.3. The molecule has 1 N–H and O–H groups in total. The van der Waals surface area contributed by atoms with Crippen LogP contribution in [-0.2, 0) is 20.5 Å². The lowest BCUT2D eigenvalue weighted by molar-refractivity contribution is -0.140. The van der Waals surface area contributed by atoms with Crippen LogP contribution < -0.4 is 4.52 Å². The first kappa shape index (κ1) is 21.8. The van der Waals surface area contributed by atoms with Crippen molar-refractivity contribution in [1.29, 1.82) is 0 Å². The number of rotatable bonds is 11. The first-order valence-corrected chi connectivity index (χ1v) is 9.32. The molecule has 1 rings (SSSR count). The maximum absolute atomic E-state index is 11.3. The summed E-state index contributed by atoms with van der Waals surface area (Å²) in [5.74, 6) is 0.940. The van der Waals surface area contributed by atoms with E-state index < -0.39 is 6.23 Å². The second kappa shape index (κ2) is 11.4. The third-order valence-electron chi connectivity index (χ3n) is 4.18. The van der Waals surface area contributed by atoms with Gasteiger partial charge in [-0.3, -0.25) is 9.69 Å². The zero-order chi connectivity index (χ0) is 18.8. The van der Waals surface area contributed by atoms with Gasteiger partial charge in [0.25, 0.3) is 0 Å². The van der Waals surface area contributed by atoms with Gasteiger partial charge in [0.1, 0.15) is 18.7 Å². The molecule has 142 valence electrons. The highest BCUT2D eigenvalue weighted by Crippen LogP contribution is 2.33. The van der Waals surface area contributed by atoms with Gasteiger partial charge in [0.2, 0.25) is 9.03 Å². The minimum absolute atomic E-state index is 0.148. The Hall–Kier alpha value is -1.20. The van der Waals surface area contributed by atoms with E-state index in [4.69, 9.17) is 13.8 Å². The Morgan fingerprint density at radius 2 is 2.08 bits per heavy atom. The molecule has 0 heterocycles. The minimum Gasteiger partial charge on any atom is -0.469 e. The normalized spacial score (nSPS) is 14.0. The summed E-state index contributed by atoms with van der Waals surface area (Å²) in [5, 5.41) is 9.40. The van der Waals surface area contributed by atoms with Gasteiger partial charge in [0, 0.05) is 6.42 Å². The van der Waals surface area contributed by atoms with Gasteiger partial charge in [-0.15, -0.1) is 0 Å². The monoisotopic (exact) mass is 371 g/mol. The van der Waals surface area contributed by atoms with E-state index in [1.807, 2.05) is 12.1 Å². The molecule has 6 nitrogen and oxygen atoms in total. The molecule has 0 aliphatic carbocycles. The van der Waals surface area contributed by atoms with Crippen LogP contribution in [-0.4, -0.2) is 43.1 Å². The Bertz CT molecular complexity index is 538. The fourth-order valence-electron chi connectivity index (χ4n) is 2.11. The number of esters is 1. The number of hydrogen-bond donors (Lipinski definition) is 1. The lowest BCUT2D eigenvalue weighted by Crippen LogP contribution is -2.29. The van der Waals surface area contributed by atoms with Gasteiger partial charge in [0.15, 0.2) is 0 Å². The number of aryl methyl sites for hydroxylation is 1. The molecule has 1 aromatic carbocycles. The summed E-state index contributed by atoms with van der Waals surface area (Å²) in [6, 6.07) is 6.00. The van der Waals surface area contributed by atoms with Crippen molar-refractivity contribution < 1.29 is 23.7 Å². The van der Waals surface area contributed by atoms with Crippen molar-refractivity contribution in [3.63, 3.8) is 0 Å². The highest BCUT2D eigenvalue weighted by Gasteiger charge is 2.13. The number of aliphatic hydroxyl groups excluding tert-OH is 1. The molecular weight excluding hydrogens is 341 g/mol. The molecule has 25 heavy (non-hydrogen) atoms. The van der Waals surface area contributed by atoms with Crippen molar-refractivity contribution in [3.05, 3.63) is 29.3 Å². The Labute approximate surface area is 152 Å². The van der Waals surface area contributed by atoms with Crippen LogP contribution in [0.15, 0.2) is 18.2 Å². The summed E-state index contributed by atoms with van der Waals surface area (Å²) in [7, 11) is 3.03. The average Bonchev–Trinajstić information content (AvgIpc) is 2.62. The van der Waals surface area contributed by atoms with Crippen LogP contribution in [0, 0.1) is 0 Å². The number of carbonyl (C=O) groups excluding carboxylic acids is 1. The van der Waals surface area contributed by atoms with E-state index in [1.165, 1.54) is 7.11 Å². The molecule has 0 aliphatic rings. The van der Waals surface area contributed by atoms with Gasteiger partial charge < -0.3 is 18.9 Å². The summed E-state index contributed by atoms with van der Waals surface area (Å²) in [4.78, 5) is 13.0. The maximum Gasteiger partial charge on any atom is 0.305 e. The standard InChI is InChI=1S/C18H30NO5P/c1-6-13(2)16-11-15(8-10-18(21)22-5)7-9-17(16)24-25-23-12-19(4)14(3)20/h7,9,11,13-14,20,25H,6,8,10,12H2,1-5H3. The number of carbonyl (C=O) groups is 1. The van der Waals surface area contributed by atoms with Crippen LogP contribution >= 0.6 is 9.03 Å². The van der Waals surface area contributed by atoms with Crippen molar-refractivity contribution in [2.24, 2.45) is 0 Å². The van der Waals surface area contributed by atoms with Crippen LogP contribution in [0.4, 0.5) is 0 Å². The van der Waals surface area contributed by atoms with Gasteiger partial charge in [-0.1, -0.05) is 26.0 Å². The second-order valence-electron chi connectivity index (χ2n) is 6.11. The van der Waals surface area contributed by atoms with E-state index in [1.54, 1.807) is 18.9 Å². The molecule has 0 bridgehead atoms. The molecule has 0 aliphatic heterocycles. The predicted octanol–water partition coefficient (Wildman–Crippen LogP) is 3.44. The summed E-state index contributed by atoms with van der Waals surface area (Å²) in [5.41, 5.74) is 2.20. The van der Waals surface area contributed by atoms with E-state index in [2.05, 4.69) is 19.9 Å². The third-order valence-corrected chi connectivity index (χ3v) is 4.73. The SMILES string of the molecule is CCC(C)c1cc(CCC(=O)OC)ccc1OPOCN(C)C(C)O. The summed E-state index contributed by atoms with van der Waals surface area (Å²) < 4.78 is 16.0. The van der Waals surface area contributed by atoms with Crippen molar-refractivity contribution >= 4 is 15.0 Å². The lowest BCUT2D eigenvalue weighted by atomic mass is 9.94. The molecule has 0 aromatic heterocycles. The second-order valence-corrected chi connectivity index (χ2v) is 6.76. The molecule has 3 unspecified atom stereocenters. The average molecular weight is 371 g/mol. The number of benzene rings is 1. The van der Waals surface area contributed by atoms with Crippen molar-refractivity contribution in [1.82, 2.24) is 4.90 Å². The van der Waals surface area contributed by atoms with Crippen LogP contribution in [0.25, 0.3) is 0 Å². The van der Waals surface area contributed by atoms with E-state index in [9.17, 15) is 9.90 Å². The summed E-state index contributed by atoms with van der Waals surface area (Å²) in [6.45, 7) is 6.26. The zero-order valence-corrected chi connectivity index (χ0v) is 16.7. The smallest absolute Gasteiger partial charge is 0.305 e. The molecule has 0 radical (unpaired) electrons. The fourth-order valence-corrected chi connectivity index (χ4v) is 2.70. The van der Waals surface area contributed by atoms with Gasteiger partial charge >= 0.3 is 5.97 Å². The lowest BCUT2D eigenvalue weighted by Gasteiger charge is -2.20. The summed E-state index contributed by atoms with van der Waals surface area (Å²) in [6.07, 6.45) is 1.45. The largest absolute Gasteiger partial charge is 0.469 e. The molecular formula is C18H30NO5P. The molecule has 0 saturated heterocycles. The highest BCUT2D eigenvalue weighted by atomic mass is 31.1. The van der Waals surface area contributed by atoms with Crippen molar-refractivity contribution in [3.8, 4) is 5.75 Å². The Balaban J connectivity index is 2.69. The zero-order valence-electron chi connectivity index (χ0n) is 15.7. The number of nitrogens with zero attached hydrogens (tertiary/aromatic N) is 1. The van der Waals surface area contributed by atoms with E-state index in [-0.39, 0.29) is 15.0 Å². The van der Waals surface area contributed by atoms with E-state index in [0.717, 1.165) is 23.3 Å². The van der Waals surface area contributed by atoms with Crippen molar-refractivity contribution in [2.75, 3.05) is 20.9 Å². The third kappa shape index (κ3) is 7.70. The van der Waals surface area contributed by atoms with Gasteiger partial charge in [-0.05, 0) is 49.9 Å². The molecule has 3 atom stereocenters. The van der Waals surface area contributed by atoms with Crippen LogP contribution in [0.3, 0.4) is 0 Å². The van der Waals surface area contributed by atoms with Crippen LogP contribution in [0.1, 0.15) is 50.7 Å². The molecule has 0 saturated carbocycles. The minimum atomic E-state index is -0.561. The van der Waals surface area contributed by atoms with Crippen LogP contribution in [0.5, 0.6) is 5.75 Å². The molecule has 0 amide bonds. The Kier molecular flexibility index (Phi) is 9.98. The fraction of sp³-hybridized carbons (Fsp3) is 0.611. The topological polar surface area (TPSA) is 68.2 Å². The molecule has 0 spiro atoms. The molecule has 7 heteroatoms. The van der Waals surface area contributed by atoms with Gasteiger partial charge in [0.05, 0.1) is 7.11 Å². The van der Waals surface area contributed by atoms with E-state index >= 15 is 0 Å². The summed E-state index contributed by atoms with van der Waals surface area (Å²) >= 11 is 0. The molecule has 1 aromatic rings. The predicted molar refractivity (Wildman–Crippen MR) is 99.8 cm³/mol. The number of ether oxygens (including phenoxy) is 1. The number of aliphatic hydroxyl groups is 1. The highest BCUT2D eigenvalue weighted by molar-refractivity contribution is 7.26.